The second-order valence-electron chi connectivity index (χ2n) is 7.13. The number of ether oxygens (including phenoxy) is 1. The number of aliphatic imine (C=N–C) groups is 1. The number of fused-ring (bicyclic) bond motifs is 1. The molecule has 0 aliphatic carbocycles. The van der Waals surface area contributed by atoms with E-state index in [4.69, 9.17) is 14.3 Å². The van der Waals surface area contributed by atoms with Crippen LogP contribution in [-0.2, 0) is 14.9 Å². The molecule has 4 rings (SSSR count). The van der Waals surface area contributed by atoms with Crippen molar-refractivity contribution in [2.45, 2.75) is 25.2 Å². The fourth-order valence-electron chi connectivity index (χ4n) is 3.06. The van der Waals surface area contributed by atoms with E-state index in [9.17, 15) is 13.2 Å². The number of amides is 1. The molecular formula is C22H20N4O5S2. The van der Waals surface area contributed by atoms with Crippen molar-refractivity contribution >= 4 is 49.9 Å². The second kappa shape index (κ2) is 8.83. The number of thioether (sulfide) groups is 1. The number of benzene rings is 2. The third kappa shape index (κ3) is 4.55. The fourth-order valence-corrected chi connectivity index (χ4v) is 4.82. The molecule has 1 N–H and O–H groups in total. The van der Waals surface area contributed by atoms with Gasteiger partial charge in [-0.25, -0.2) is 0 Å². The van der Waals surface area contributed by atoms with E-state index in [-0.39, 0.29) is 27.8 Å². The van der Waals surface area contributed by atoms with Crippen LogP contribution in [0, 0.1) is 12.3 Å². The molecule has 11 heteroatoms. The van der Waals surface area contributed by atoms with Crippen LogP contribution in [0.4, 0.5) is 0 Å². The van der Waals surface area contributed by atoms with Crippen LogP contribution in [0.25, 0.3) is 6.08 Å². The lowest BCUT2D eigenvalue weighted by molar-refractivity contribution is -0.114. The molecule has 170 valence electrons. The predicted octanol–water partition coefficient (Wildman–Crippen LogP) is 3.80. The molecule has 0 atom stereocenters. The van der Waals surface area contributed by atoms with Crippen molar-refractivity contribution < 1.29 is 22.1 Å². The van der Waals surface area contributed by atoms with Gasteiger partial charge < -0.3 is 8.92 Å². The molecular weight excluding hydrogens is 464 g/mol. The van der Waals surface area contributed by atoms with Gasteiger partial charge in [0.1, 0.15) is 9.94 Å². The van der Waals surface area contributed by atoms with Gasteiger partial charge in [-0.15, -0.1) is 0 Å². The molecule has 0 fully saturated rings. The van der Waals surface area contributed by atoms with Gasteiger partial charge in [0.15, 0.2) is 17.3 Å². The summed E-state index contributed by atoms with van der Waals surface area (Å²) in [6.07, 6.45) is 2.15. The number of hydrogen-bond donors (Lipinski definition) is 1. The fraction of sp³-hybridized carbons (Fsp3) is 0.182. The number of rotatable bonds is 6. The van der Waals surface area contributed by atoms with Crippen molar-refractivity contribution in [3.8, 4) is 11.5 Å². The van der Waals surface area contributed by atoms with Gasteiger partial charge in [-0.3, -0.25) is 10.2 Å². The number of hydrazone groups is 1. The van der Waals surface area contributed by atoms with Crippen molar-refractivity contribution in [2.24, 2.45) is 10.1 Å². The molecule has 0 saturated heterocycles. The minimum absolute atomic E-state index is 0.00119. The average Bonchev–Trinajstić information content (AvgIpc) is 3.21. The van der Waals surface area contributed by atoms with E-state index in [1.807, 2.05) is 13.8 Å². The van der Waals surface area contributed by atoms with Gasteiger partial charge in [0.2, 0.25) is 5.17 Å². The molecule has 2 aromatic carbocycles. The minimum atomic E-state index is -4.06. The average molecular weight is 485 g/mol. The van der Waals surface area contributed by atoms with Gasteiger partial charge in [-0.1, -0.05) is 30.7 Å². The smallest absolute Gasteiger partial charge is 0.339 e. The van der Waals surface area contributed by atoms with Crippen LogP contribution in [0.5, 0.6) is 11.5 Å². The van der Waals surface area contributed by atoms with Gasteiger partial charge >= 0.3 is 10.1 Å². The van der Waals surface area contributed by atoms with E-state index in [2.05, 4.69) is 10.1 Å². The number of amidine groups is 2. The lowest BCUT2D eigenvalue weighted by Gasteiger charge is -2.20. The summed E-state index contributed by atoms with van der Waals surface area (Å²) in [5, 5.41) is 15.2. The molecule has 0 bridgehead atoms. The molecule has 2 aliphatic heterocycles. The molecule has 9 nitrogen and oxygen atoms in total. The Morgan fingerprint density at radius 2 is 1.88 bits per heavy atom. The first-order valence-corrected chi connectivity index (χ1v) is 12.1. The first-order valence-electron chi connectivity index (χ1n) is 9.90. The quantitative estimate of drug-likeness (QED) is 0.489. The van der Waals surface area contributed by atoms with Crippen LogP contribution in [0.15, 0.2) is 63.0 Å². The van der Waals surface area contributed by atoms with E-state index in [1.165, 1.54) is 54.2 Å². The Hall–Kier alpha value is -3.44. The molecule has 0 spiro atoms. The van der Waals surface area contributed by atoms with Crippen molar-refractivity contribution in [3.05, 3.63) is 59.2 Å². The zero-order valence-electron chi connectivity index (χ0n) is 18.0. The standard InChI is InChI=1S/C22H20N4O5S2/c1-4-19-25-26-20(23)16(21(27)24-22(26)32-19)11-14-7-10-17(18(12-14)30-3)31-33(28,29)15-8-5-13(2)6-9-15/h5-12,23H,4H2,1-3H3/b16-11-,23-20?. The number of carbonyl (C=O) groups excluding carboxylic acids is 1. The Morgan fingerprint density at radius 3 is 2.55 bits per heavy atom. The van der Waals surface area contributed by atoms with E-state index in [1.54, 1.807) is 18.2 Å². The van der Waals surface area contributed by atoms with Crippen LogP contribution in [-0.4, -0.2) is 42.5 Å². The van der Waals surface area contributed by atoms with Crippen LogP contribution >= 0.6 is 11.8 Å². The summed E-state index contributed by atoms with van der Waals surface area (Å²) in [4.78, 5) is 16.6. The Bertz CT molecular complexity index is 1350. The molecule has 2 aliphatic rings. The molecule has 2 aromatic rings. The van der Waals surface area contributed by atoms with Crippen LogP contribution in [0.2, 0.25) is 0 Å². The van der Waals surface area contributed by atoms with Gasteiger partial charge in [-0.05, 0) is 61.0 Å². The Labute approximate surface area is 195 Å². The summed E-state index contributed by atoms with van der Waals surface area (Å²) in [5.74, 6) is -0.476. The normalized spacial score (nSPS) is 17.1. The topological polar surface area (TPSA) is 121 Å². The number of nitrogens with one attached hydrogen (secondary N) is 1. The maximum atomic E-state index is 12.6. The summed E-state index contributed by atoms with van der Waals surface area (Å²) in [6, 6.07) is 10.8. The van der Waals surface area contributed by atoms with Gasteiger partial charge in [0.25, 0.3) is 5.91 Å². The van der Waals surface area contributed by atoms with Gasteiger partial charge in [-0.2, -0.15) is 23.5 Å². The number of nitrogens with zero attached hydrogens (tertiary/aromatic N) is 3. The highest BCUT2D eigenvalue weighted by Crippen LogP contribution is 2.33. The lowest BCUT2D eigenvalue weighted by atomic mass is 10.1. The molecule has 0 unspecified atom stereocenters. The second-order valence-corrected chi connectivity index (χ2v) is 9.71. The van der Waals surface area contributed by atoms with Crippen molar-refractivity contribution in [3.63, 3.8) is 0 Å². The summed E-state index contributed by atoms with van der Waals surface area (Å²) in [7, 11) is -2.68. The summed E-state index contributed by atoms with van der Waals surface area (Å²) >= 11 is 1.27. The Morgan fingerprint density at radius 1 is 1.15 bits per heavy atom. The molecule has 2 heterocycles. The first-order chi connectivity index (χ1) is 15.7. The monoisotopic (exact) mass is 484 g/mol. The number of carbonyl (C=O) groups is 1. The molecule has 0 aromatic heterocycles. The number of aryl methyl sites for hydroxylation is 1. The third-order valence-electron chi connectivity index (χ3n) is 4.81. The summed E-state index contributed by atoms with van der Waals surface area (Å²) in [5.41, 5.74) is 1.49. The van der Waals surface area contributed by atoms with E-state index < -0.39 is 16.0 Å². The number of methoxy groups -OCH3 is 1. The van der Waals surface area contributed by atoms with E-state index in [0.29, 0.717) is 17.2 Å². The van der Waals surface area contributed by atoms with Crippen LogP contribution in [0.1, 0.15) is 24.5 Å². The molecule has 0 radical (unpaired) electrons. The van der Waals surface area contributed by atoms with Crippen molar-refractivity contribution in [1.29, 1.82) is 5.41 Å². The van der Waals surface area contributed by atoms with E-state index >= 15 is 0 Å². The van der Waals surface area contributed by atoms with Crippen molar-refractivity contribution in [1.82, 2.24) is 5.01 Å². The van der Waals surface area contributed by atoms with Crippen LogP contribution in [0.3, 0.4) is 0 Å². The van der Waals surface area contributed by atoms with Gasteiger partial charge in [0, 0.05) is 0 Å². The maximum absolute atomic E-state index is 12.6. The number of hydrogen-bond acceptors (Lipinski definition) is 8. The first kappa shape index (κ1) is 22.7. The minimum Gasteiger partial charge on any atom is -0.493 e. The lowest BCUT2D eigenvalue weighted by Crippen LogP contribution is -2.35. The van der Waals surface area contributed by atoms with Gasteiger partial charge in [0.05, 0.1) is 12.7 Å². The summed E-state index contributed by atoms with van der Waals surface area (Å²) < 4.78 is 35.8. The zero-order valence-corrected chi connectivity index (χ0v) is 19.7. The highest BCUT2D eigenvalue weighted by atomic mass is 32.2. The van der Waals surface area contributed by atoms with Crippen LogP contribution < -0.4 is 8.92 Å². The third-order valence-corrected chi connectivity index (χ3v) is 7.11. The highest BCUT2D eigenvalue weighted by Gasteiger charge is 2.35. The Balaban J connectivity index is 1.63. The predicted molar refractivity (Wildman–Crippen MR) is 127 cm³/mol. The van der Waals surface area contributed by atoms with E-state index in [0.717, 1.165) is 10.6 Å². The Kier molecular flexibility index (Phi) is 6.09. The van der Waals surface area contributed by atoms with Crippen molar-refractivity contribution in [2.75, 3.05) is 7.11 Å². The maximum Gasteiger partial charge on any atom is 0.339 e. The highest BCUT2D eigenvalue weighted by molar-refractivity contribution is 8.26. The molecule has 0 saturated carbocycles. The largest absolute Gasteiger partial charge is 0.493 e. The molecule has 1 amide bonds. The zero-order chi connectivity index (χ0) is 23.8. The SMILES string of the molecule is CCC1=NN2C(=N)/C(=C/c3ccc(OS(=O)(=O)c4ccc(C)cc4)c(OC)c3)C(=O)N=C2S1. The summed E-state index contributed by atoms with van der Waals surface area (Å²) in [6.45, 7) is 3.79. The molecule has 33 heavy (non-hydrogen) atoms.